The number of anilines is 1. The number of carbonyl (C=O) groups is 1. The average molecular weight is 420 g/mol. The Hall–Kier alpha value is -0.620. The summed E-state index contributed by atoms with van der Waals surface area (Å²) in [4.78, 5) is 17.0. The van der Waals surface area contributed by atoms with Gasteiger partial charge in [0, 0.05) is 43.3 Å². The molecule has 10 heteroatoms. The average Bonchev–Trinajstić information content (AvgIpc) is 3.11. The van der Waals surface area contributed by atoms with Gasteiger partial charge in [0.25, 0.3) is 0 Å². The van der Waals surface area contributed by atoms with Crippen LogP contribution in [0.25, 0.3) is 0 Å². The van der Waals surface area contributed by atoms with Crippen molar-refractivity contribution in [1.82, 2.24) is 4.98 Å². The quantitative estimate of drug-likeness (QED) is 0.424. The number of aliphatic hydroxyl groups is 4. The van der Waals surface area contributed by atoms with Crippen molar-refractivity contribution in [2.45, 2.75) is 37.6 Å². The van der Waals surface area contributed by atoms with Crippen molar-refractivity contribution in [3.63, 3.8) is 0 Å². The molecule has 8 nitrogen and oxygen atoms in total. The number of thiazole rings is 1. The molecule has 1 fully saturated rings. The van der Waals surface area contributed by atoms with Crippen LogP contribution in [-0.2, 0) is 4.74 Å². The standard InChI is InChI=1S/C17H20N2O6S.Ar/c1-8-2-4-9(5-3-8)12(21)11-6-18-17(26-11)19-16-15(24)14(23)13(22)10(7-20)25-16;/h2-6,10,13-16,20,22-24H,7H2,1H3,(H,18,19);/t10?,13-,14+,15?,16+;/m1./s1. The summed E-state index contributed by atoms with van der Waals surface area (Å²) < 4.78 is 5.36. The van der Waals surface area contributed by atoms with Gasteiger partial charge in [0.1, 0.15) is 24.4 Å². The van der Waals surface area contributed by atoms with Gasteiger partial charge in [-0.2, -0.15) is 0 Å². The van der Waals surface area contributed by atoms with Crippen LogP contribution in [0.15, 0.2) is 30.5 Å². The molecule has 2 unspecified atom stereocenters. The van der Waals surface area contributed by atoms with Crippen LogP contribution in [0.1, 0.15) is 20.8 Å². The Balaban J connectivity index is 0.00000261. The molecular weight excluding hydrogens is 400 g/mol. The van der Waals surface area contributed by atoms with Gasteiger partial charge in [0.15, 0.2) is 11.4 Å². The van der Waals surface area contributed by atoms with Gasteiger partial charge in [-0.05, 0) is 6.92 Å². The molecule has 5 atom stereocenters. The number of rotatable bonds is 5. The molecule has 0 amide bonds. The van der Waals surface area contributed by atoms with Crippen molar-refractivity contribution in [3.8, 4) is 0 Å². The van der Waals surface area contributed by atoms with E-state index in [1.807, 2.05) is 19.1 Å². The molecule has 27 heavy (non-hydrogen) atoms. The zero-order valence-corrected chi connectivity index (χ0v) is 15.8. The fourth-order valence-electron chi connectivity index (χ4n) is 2.64. The van der Waals surface area contributed by atoms with Crippen LogP contribution in [0.2, 0.25) is 0 Å². The summed E-state index contributed by atoms with van der Waals surface area (Å²) in [5.74, 6) is -0.177. The number of ether oxygens (including phenoxy) is 1. The number of carbonyl (C=O) groups excluding carboxylic acids is 1. The first-order valence-electron chi connectivity index (χ1n) is 8.05. The molecule has 1 saturated heterocycles. The van der Waals surface area contributed by atoms with Crippen LogP contribution >= 0.6 is 11.3 Å². The van der Waals surface area contributed by atoms with Gasteiger partial charge in [-0.25, -0.2) is 4.98 Å². The van der Waals surface area contributed by atoms with E-state index in [4.69, 9.17) is 4.74 Å². The number of aryl methyl sites for hydroxylation is 1. The maximum Gasteiger partial charge on any atom is 0.204 e. The van der Waals surface area contributed by atoms with Gasteiger partial charge in [-0.3, -0.25) is 4.79 Å². The molecule has 1 aromatic carbocycles. The van der Waals surface area contributed by atoms with Gasteiger partial charge in [0.05, 0.1) is 17.7 Å². The summed E-state index contributed by atoms with van der Waals surface area (Å²) in [5, 5.41) is 41.9. The Morgan fingerprint density at radius 1 is 1.19 bits per heavy atom. The number of aromatic nitrogens is 1. The van der Waals surface area contributed by atoms with E-state index < -0.39 is 37.3 Å². The third-order valence-electron chi connectivity index (χ3n) is 4.20. The predicted molar refractivity (Wildman–Crippen MR) is 94.1 cm³/mol. The minimum Gasteiger partial charge on any atom is -0.394 e. The molecule has 2 heterocycles. The second kappa shape index (κ2) is 9.73. The van der Waals surface area contributed by atoms with Crippen molar-refractivity contribution in [2.75, 3.05) is 11.9 Å². The van der Waals surface area contributed by atoms with Crippen molar-refractivity contribution >= 4 is 22.3 Å². The molecule has 3 rings (SSSR count). The van der Waals surface area contributed by atoms with Crippen LogP contribution < -0.4 is 5.32 Å². The van der Waals surface area contributed by atoms with E-state index in [2.05, 4.69) is 10.3 Å². The van der Waals surface area contributed by atoms with Crippen molar-refractivity contribution in [2.24, 2.45) is 0 Å². The molecule has 0 bridgehead atoms. The second-order valence-electron chi connectivity index (χ2n) is 6.12. The molecule has 1 aromatic heterocycles. The molecular formula is C17H20ArN2O6S. The SMILES string of the molecule is Cc1ccc(C(=O)c2cnc(N[C@H]3OC(CO)[C@@H](O)[C@H](O)C3O)s2)cc1.[Ar]. The second-order valence-corrected chi connectivity index (χ2v) is 7.15. The van der Waals surface area contributed by atoms with Crippen LogP contribution in [0, 0.1) is 44.7 Å². The van der Waals surface area contributed by atoms with Crippen LogP contribution in [0.4, 0.5) is 5.13 Å². The molecule has 148 valence electrons. The van der Waals surface area contributed by atoms with Crippen LogP contribution in [-0.4, -0.2) is 68.4 Å². The summed E-state index contributed by atoms with van der Waals surface area (Å²) in [5.41, 5.74) is 1.59. The van der Waals surface area contributed by atoms with Gasteiger partial charge in [-0.1, -0.05) is 41.2 Å². The van der Waals surface area contributed by atoms with Crippen LogP contribution in [0.5, 0.6) is 0 Å². The fourth-order valence-corrected chi connectivity index (χ4v) is 3.44. The summed E-state index contributed by atoms with van der Waals surface area (Å²) in [6.07, 6.45) is -5.01. The first kappa shape index (κ1) is 22.7. The number of nitrogens with one attached hydrogen (secondary N) is 1. The van der Waals surface area contributed by atoms with E-state index in [0.29, 0.717) is 15.6 Å². The van der Waals surface area contributed by atoms with E-state index in [1.165, 1.54) is 6.20 Å². The summed E-state index contributed by atoms with van der Waals surface area (Å²) in [6.45, 7) is 1.42. The van der Waals surface area contributed by atoms with E-state index in [-0.39, 0.29) is 43.5 Å². The van der Waals surface area contributed by atoms with E-state index >= 15 is 0 Å². The van der Waals surface area contributed by atoms with Crippen molar-refractivity contribution in [1.29, 1.82) is 0 Å². The van der Waals surface area contributed by atoms with Crippen LogP contribution in [0.3, 0.4) is 0 Å². The minimum atomic E-state index is -1.48. The number of hydrogen-bond acceptors (Lipinski definition) is 9. The number of nitrogens with zero attached hydrogens (tertiary/aromatic N) is 1. The Morgan fingerprint density at radius 3 is 2.48 bits per heavy atom. The molecule has 2 aromatic rings. The van der Waals surface area contributed by atoms with E-state index in [0.717, 1.165) is 16.9 Å². The van der Waals surface area contributed by atoms with Gasteiger partial charge in [0.2, 0.25) is 5.78 Å². The van der Waals surface area contributed by atoms with Crippen molar-refractivity contribution < 1.29 is 67.7 Å². The zero-order chi connectivity index (χ0) is 18.8. The molecule has 0 saturated carbocycles. The van der Waals surface area contributed by atoms with Gasteiger partial charge in [-0.15, -0.1) is 0 Å². The number of aliphatic hydroxyl groups excluding tert-OH is 4. The zero-order valence-electron chi connectivity index (χ0n) is 14.3. The number of hydrogen-bond donors (Lipinski definition) is 5. The topological polar surface area (TPSA) is 132 Å². The molecule has 1 aliphatic rings. The molecule has 0 spiro atoms. The Morgan fingerprint density at radius 2 is 1.85 bits per heavy atom. The van der Waals surface area contributed by atoms with E-state index in [1.54, 1.807) is 12.1 Å². The minimum absolute atomic E-state index is 0. The maximum atomic E-state index is 12.5. The van der Waals surface area contributed by atoms with Gasteiger partial charge < -0.3 is 30.5 Å². The summed E-state index contributed by atoms with van der Waals surface area (Å²) in [7, 11) is 0. The van der Waals surface area contributed by atoms with Crippen molar-refractivity contribution in [3.05, 3.63) is 46.5 Å². The molecule has 5 N–H and O–H groups in total. The predicted octanol–water partition coefficient (Wildman–Crippen LogP) is -0.106. The Labute approximate surface area is 189 Å². The Bertz CT molecular complexity index is 769. The third kappa shape index (κ3) is 5.06. The van der Waals surface area contributed by atoms with Gasteiger partial charge >= 0.3 is 0 Å². The smallest absolute Gasteiger partial charge is 0.204 e. The van der Waals surface area contributed by atoms with E-state index in [9.17, 15) is 25.2 Å². The summed E-state index contributed by atoms with van der Waals surface area (Å²) >= 11 is 1.08. The fraction of sp³-hybridized carbons (Fsp3) is 0.412. The monoisotopic (exact) mass is 420 g/mol. The largest absolute Gasteiger partial charge is 0.394 e. The first-order valence-corrected chi connectivity index (χ1v) is 8.86. The molecule has 0 radical (unpaired) electrons. The summed E-state index contributed by atoms with van der Waals surface area (Å²) in [6, 6.07) is 7.17. The molecule has 1 aliphatic heterocycles. The Kier molecular flexibility index (Phi) is 8.17. The third-order valence-corrected chi connectivity index (χ3v) is 5.13. The first-order chi connectivity index (χ1) is 12.4. The normalized spacial score (nSPS) is 27.7. The maximum absolute atomic E-state index is 12.5. The number of benzene rings is 1. The molecule has 0 aliphatic carbocycles. The number of ketones is 1.